The summed E-state index contributed by atoms with van der Waals surface area (Å²) in [6.45, 7) is 3.46. The molecule has 9 nitrogen and oxygen atoms in total. The number of rotatable bonds is 9. The van der Waals surface area contributed by atoms with Gasteiger partial charge in [0.25, 0.3) is 0 Å². The second-order valence-corrected chi connectivity index (χ2v) is 4.75. The summed E-state index contributed by atoms with van der Waals surface area (Å²) in [4.78, 5) is 34.1. The molecule has 0 heterocycles. The van der Waals surface area contributed by atoms with E-state index >= 15 is 0 Å². The highest BCUT2D eigenvalue weighted by atomic mass is 16.2. The lowest BCUT2D eigenvalue weighted by Crippen LogP contribution is -2.51. The van der Waals surface area contributed by atoms with Crippen molar-refractivity contribution in [2.24, 2.45) is 11.5 Å². The molecule has 0 aromatic carbocycles. The van der Waals surface area contributed by atoms with Crippen LogP contribution in [0.3, 0.4) is 0 Å². The molecule has 8 N–H and O–H groups in total. The number of nitrogens with two attached hydrogens (primary N) is 2. The van der Waals surface area contributed by atoms with Crippen LogP contribution in [0.2, 0.25) is 0 Å². The standard InChI is InChI=1S/C12H24N6O3/c1-7(13)10(20)17-8(2)11(21)18-9(6-19)4-3-5-16-12(14)15/h6-9H,3-5,13H2,1-2H3,(H,17,20)(H,18,21)(H4,14,15,16)/t7-,8-,9-/m0/s1. The van der Waals surface area contributed by atoms with E-state index < -0.39 is 29.9 Å². The fourth-order valence-corrected chi connectivity index (χ4v) is 1.44. The number of carbonyl (C=O) groups is 3. The van der Waals surface area contributed by atoms with Crippen LogP contribution in [0.1, 0.15) is 26.7 Å². The molecule has 2 amide bonds. The molecule has 120 valence electrons. The van der Waals surface area contributed by atoms with Gasteiger partial charge in [-0.3, -0.25) is 15.0 Å². The van der Waals surface area contributed by atoms with Crippen molar-refractivity contribution in [2.75, 3.05) is 6.54 Å². The zero-order valence-corrected chi connectivity index (χ0v) is 12.3. The van der Waals surface area contributed by atoms with E-state index in [2.05, 4.69) is 16.0 Å². The van der Waals surface area contributed by atoms with Crippen LogP contribution in [0.5, 0.6) is 0 Å². The first kappa shape index (κ1) is 18.8. The van der Waals surface area contributed by atoms with Crippen molar-refractivity contribution in [3.05, 3.63) is 0 Å². The zero-order valence-electron chi connectivity index (χ0n) is 12.3. The Morgan fingerprint density at radius 1 is 1.24 bits per heavy atom. The molecule has 0 fully saturated rings. The second kappa shape index (κ2) is 9.70. The predicted octanol–water partition coefficient (Wildman–Crippen LogP) is -2.21. The smallest absolute Gasteiger partial charge is 0.242 e. The highest BCUT2D eigenvalue weighted by Crippen LogP contribution is 1.95. The summed E-state index contributed by atoms with van der Waals surface area (Å²) in [5.41, 5.74) is 10.5. The van der Waals surface area contributed by atoms with E-state index in [0.717, 1.165) is 0 Å². The zero-order chi connectivity index (χ0) is 16.4. The minimum Gasteiger partial charge on any atom is -0.370 e. The molecule has 0 aromatic rings. The highest BCUT2D eigenvalue weighted by molar-refractivity contribution is 5.90. The highest BCUT2D eigenvalue weighted by Gasteiger charge is 2.20. The first-order chi connectivity index (χ1) is 9.77. The van der Waals surface area contributed by atoms with Crippen LogP contribution in [0.25, 0.3) is 0 Å². The Balaban J connectivity index is 4.16. The normalized spacial score (nSPS) is 14.4. The molecule has 0 spiro atoms. The lowest BCUT2D eigenvalue weighted by molar-refractivity contribution is -0.130. The number of guanidine groups is 1. The maximum Gasteiger partial charge on any atom is 0.242 e. The van der Waals surface area contributed by atoms with Gasteiger partial charge in [-0.15, -0.1) is 0 Å². The number of hydrogen-bond donors (Lipinski definition) is 6. The monoisotopic (exact) mass is 300 g/mol. The second-order valence-electron chi connectivity index (χ2n) is 4.75. The van der Waals surface area contributed by atoms with Crippen molar-refractivity contribution in [3.63, 3.8) is 0 Å². The van der Waals surface area contributed by atoms with Crippen molar-refractivity contribution in [1.82, 2.24) is 16.0 Å². The van der Waals surface area contributed by atoms with E-state index in [-0.39, 0.29) is 5.96 Å². The van der Waals surface area contributed by atoms with E-state index in [9.17, 15) is 14.4 Å². The topological polar surface area (TPSA) is 163 Å². The van der Waals surface area contributed by atoms with Gasteiger partial charge in [0.15, 0.2) is 5.96 Å². The molecule has 3 atom stereocenters. The average molecular weight is 300 g/mol. The summed E-state index contributed by atoms with van der Waals surface area (Å²) in [6, 6.07) is -2.14. The van der Waals surface area contributed by atoms with Gasteiger partial charge in [0.2, 0.25) is 11.8 Å². The van der Waals surface area contributed by atoms with E-state index in [4.69, 9.17) is 16.9 Å². The maximum atomic E-state index is 11.8. The molecule has 0 aliphatic carbocycles. The van der Waals surface area contributed by atoms with Gasteiger partial charge in [-0.2, -0.15) is 0 Å². The quantitative estimate of drug-likeness (QED) is 0.122. The van der Waals surface area contributed by atoms with Crippen LogP contribution in [-0.2, 0) is 14.4 Å². The summed E-state index contributed by atoms with van der Waals surface area (Å²) in [5.74, 6) is -1.04. The molecule has 0 saturated carbocycles. The van der Waals surface area contributed by atoms with Crippen molar-refractivity contribution in [1.29, 1.82) is 5.41 Å². The molecule has 9 heteroatoms. The maximum absolute atomic E-state index is 11.8. The fraction of sp³-hybridized carbons (Fsp3) is 0.667. The summed E-state index contributed by atoms with van der Waals surface area (Å²) in [5, 5.41) is 14.5. The van der Waals surface area contributed by atoms with Crippen LogP contribution in [0.4, 0.5) is 0 Å². The summed E-state index contributed by atoms with van der Waals surface area (Å²) in [6.07, 6.45) is 1.60. The molecule has 0 aliphatic heterocycles. The summed E-state index contributed by atoms with van der Waals surface area (Å²) < 4.78 is 0. The fourth-order valence-electron chi connectivity index (χ4n) is 1.44. The van der Waals surface area contributed by atoms with Gasteiger partial charge in [0.05, 0.1) is 12.1 Å². The van der Waals surface area contributed by atoms with E-state index in [0.29, 0.717) is 25.7 Å². The van der Waals surface area contributed by atoms with Crippen LogP contribution in [0.15, 0.2) is 0 Å². The first-order valence-corrected chi connectivity index (χ1v) is 6.67. The van der Waals surface area contributed by atoms with E-state index in [1.54, 1.807) is 0 Å². The third kappa shape index (κ3) is 8.58. The lowest BCUT2D eigenvalue weighted by Gasteiger charge is -2.18. The Labute approximate surface area is 123 Å². The Morgan fingerprint density at radius 3 is 2.33 bits per heavy atom. The van der Waals surface area contributed by atoms with Gasteiger partial charge in [0, 0.05) is 6.54 Å². The first-order valence-electron chi connectivity index (χ1n) is 6.67. The molecule has 0 aromatic heterocycles. The Bertz CT molecular complexity index is 385. The van der Waals surface area contributed by atoms with Crippen LogP contribution < -0.4 is 27.4 Å². The molecule has 0 radical (unpaired) electrons. The molecule has 0 rings (SSSR count). The number of aldehydes is 1. The van der Waals surface area contributed by atoms with Crippen molar-refractivity contribution >= 4 is 24.1 Å². The number of amides is 2. The number of hydrogen-bond acceptors (Lipinski definition) is 5. The van der Waals surface area contributed by atoms with E-state index in [1.165, 1.54) is 13.8 Å². The van der Waals surface area contributed by atoms with Crippen LogP contribution >= 0.6 is 0 Å². The molecule has 21 heavy (non-hydrogen) atoms. The van der Waals surface area contributed by atoms with Gasteiger partial charge >= 0.3 is 0 Å². The van der Waals surface area contributed by atoms with Crippen molar-refractivity contribution < 1.29 is 14.4 Å². The largest absolute Gasteiger partial charge is 0.370 e. The minimum atomic E-state index is -0.777. The summed E-state index contributed by atoms with van der Waals surface area (Å²) >= 11 is 0. The van der Waals surface area contributed by atoms with Crippen LogP contribution in [0, 0.1) is 5.41 Å². The van der Waals surface area contributed by atoms with Crippen molar-refractivity contribution in [2.45, 2.75) is 44.8 Å². The van der Waals surface area contributed by atoms with Crippen LogP contribution in [-0.4, -0.2) is 48.7 Å². The molecular formula is C12H24N6O3. The third-order valence-electron chi connectivity index (χ3n) is 2.66. The predicted molar refractivity (Wildman–Crippen MR) is 78.4 cm³/mol. The van der Waals surface area contributed by atoms with Gasteiger partial charge in [-0.25, -0.2) is 0 Å². The van der Waals surface area contributed by atoms with Crippen molar-refractivity contribution in [3.8, 4) is 0 Å². The van der Waals surface area contributed by atoms with E-state index in [1.807, 2.05) is 0 Å². The summed E-state index contributed by atoms with van der Waals surface area (Å²) in [7, 11) is 0. The van der Waals surface area contributed by atoms with Gasteiger partial charge < -0.3 is 32.2 Å². The van der Waals surface area contributed by atoms with Gasteiger partial charge in [0.1, 0.15) is 12.3 Å². The Morgan fingerprint density at radius 2 is 1.86 bits per heavy atom. The third-order valence-corrected chi connectivity index (χ3v) is 2.66. The molecule has 0 saturated heterocycles. The SMILES string of the molecule is C[C@H](N)C(=O)N[C@@H](C)C(=O)N[C@H](C=O)CCCNC(=N)N. The lowest BCUT2D eigenvalue weighted by atomic mass is 10.1. The minimum absolute atomic E-state index is 0.145. The van der Waals surface area contributed by atoms with Gasteiger partial charge in [-0.1, -0.05) is 0 Å². The van der Waals surface area contributed by atoms with Gasteiger partial charge in [-0.05, 0) is 26.7 Å². The number of nitrogens with one attached hydrogen (secondary N) is 4. The Hall–Kier alpha value is -2.16. The molecule has 0 bridgehead atoms. The average Bonchev–Trinajstić information content (AvgIpc) is 2.41. The Kier molecular flexibility index (Phi) is 8.70. The molecule has 0 aliphatic rings. The number of carbonyl (C=O) groups excluding carboxylic acids is 3. The molecule has 0 unspecified atom stereocenters. The molecular weight excluding hydrogens is 276 g/mol.